The molecule has 0 aromatic heterocycles. The second kappa shape index (κ2) is 7.19. The molecule has 0 heterocycles. The molecule has 2 rings (SSSR count). The van der Waals surface area contributed by atoms with Crippen LogP contribution in [0.2, 0.25) is 5.02 Å². The third-order valence-corrected chi connectivity index (χ3v) is 3.17. The number of carbonyl (C=O) groups excluding carboxylic acids is 1. The van der Waals surface area contributed by atoms with Crippen LogP contribution in [0.25, 0.3) is 6.08 Å². The Balaban J connectivity index is 1.97. The van der Waals surface area contributed by atoms with E-state index in [0.29, 0.717) is 10.6 Å². The molecule has 0 unspecified atom stereocenters. The molecule has 2 amide bonds. The molecule has 0 aliphatic carbocycles. The fraction of sp³-hybridized carbons (Fsp3) is 0.0625. The van der Waals surface area contributed by atoms with Crippen LogP contribution in [-0.4, -0.2) is 6.03 Å². The van der Waals surface area contributed by atoms with E-state index in [1.807, 2.05) is 0 Å². The highest BCUT2D eigenvalue weighted by Gasteiger charge is 2.30. The standard InChI is InChI=1S/C16H12ClF3N2O/c17-14-7-2-1-4-11(14)8-9-21-15(23)22-13-6-3-5-12(10-13)16(18,19)20/h1-10H,(H2,21,22,23)/b9-8+. The van der Waals surface area contributed by atoms with E-state index in [-0.39, 0.29) is 5.69 Å². The summed E-state index contributed by atoms with van der Waals surface area (Å²) in [5.74, 6) is 0. The fourth-order valence-corrected chi connectivity index (χ4v) is 1.96. The van der Waals surface area contributed by atoms with Gasteiger partial charge in [0.15, 0.2) is 0 Å². The molecule has 23 heavy (non-hydrogen) atoms. The molecule has 0 fully saturated rings. The monoisotopic (exact) mass is 340 g/mol. The summed E-state index contributed by atoms with van der Waals surface area (Å²) in [5.41, 5.74) is -0.0843. The molecular weight excluding hydrogens is 329 g/mol. The first-order chi connectivity index (χ1) is 10.9. The second-order valence-corrected chi connectivity index (χ2v) is 4.94. The van der Waals surface area contributed by atoms with Crippen molar-refractivity contribution in [3.8, 4) is 0 Å². The Hall–Kier alpha value is -2.47. The van der Waals surface area contributed by atoms with Crippen LogP contribution in [0.3, 0.4) is 0 Å². The third-order valence-electron chi connectivity index (χ3n) is 2.83. The van der Waals surface area contributed by atoms with E-state index in [4.69, 9.17) is 11.6 Å². The van der Waals surface area contributed by atoms with Crippen molar-refractivity contribution in [1.82, 2.24) is 5.32 Å². The summed E-state index contributed by atoms with van der Waals surface area (Å²) in [5, 5.41) is 5.23. The molecule has 0 saturated carbocycles. The van der Waals surface area contributed by atoms with Crippen molar-refractivity contribution in [3.05, 3.63) is 70.9 Å². The van der Waals surface area contributed by atoms with Crippen molar-refractivity contribution in [2.24, 2.45) is 0 Å². The van der Waals surface area contributed by atoms with E-state index >= 15 is 0 Å². The van der Waals surface area contributed by atoms with Crippen molar-refractivity contribution in [1.29, 1.82) is 0 Å². The van der Waals surface area contributed by atoms with Crippen molar-refractivity contribution >= 4 is 29.4 Å². The molecule has 2 N–H and O–H groups in total. The smallest absolute Gasteiger partial charge is 0.314 e. The van der Waals surface area contributed by atoms with Crippen molar-refractivity contribution in [2.45, 2.75) is 6.18 Å². The number of amides is 2. The lowest BCUT2D eigenvalue weighted by Gasteiger charge is -2.09. The number of benzene rings is 2. The minimum absolute atomic E-state index is 0.0449. The first-order valence-corrected chi connectivity index (χ1v) is 6.90. The first kappa shape index (κ1) is 16.9. The van der Waals surface area contributed by atoms with Gasteiger partial charge >= 0.3 is 12.2 Å². The van der Waals surface area contributed by atoms with Crippen LogP contribution < -0.4 is 10.6 Å². The highest BCUT2D eigenvalue weighted by Crippen LogP contribution is 2.30. The van der Waals surface area contributed by atoms with Gasteiger partial charge in [-0.25, -0.2) is 4.79 Å². The van der Waals surface area contributed by atoms with E-state index in [1.165, 1.54) is 18.3 Å². The predicted molar refractivity (Wildman–Crippen MR) is 84.1 cm³/mol. The Bertz CT molecular complexity index is 729. The maximum absolute atomic E-state index is 12.6. The van der Waals surface area contributed by atoms with Crippen LogP contribution >= 0.6 is 11.6 Å². The number of carbonyl (C=O) groups is 1. The van der Waals surface area contributed by atoms with Gasteiger partial charge in [0.2, 0.25) is 0 Å². The second-order valence-electron chi connectivity index (χ2n) is 4.53. The molecule has 0 aliphatic heterocycles. The molecule has 7 heteroatoms. The molecule has 0 saturated heterocycles. The Morgan fingerprint density at radius 2 is 1.83 bits per heavy atom. The summed E-state index contributed by atoms with van der Waals surface area (Å²) in [7, 11) is 0. The molecule has 0 spiro atoms. The van der Waals surface area contributed by atoms with Gasteiger partial charge < -0.3 is 10.6 Å². The third kappa shape index (κ3) is 5.03. The van der Waals surface area contributed by atoms with Gasteiger partial charge in [-0.15, -0.1) is 0 Å². The SMILES string of the molecule is O=C(N/C=C/c1ccccc1Cl)Nc1cccc(C(F)(F)F)c1. The quantitative estimate of drug-likeness (QED) is 0.797. The molecule has 120 valence electrons. The van der Waals surface area contributed by atoms with E-state index in [2.05, 4.69) is 10.6 Å². The summed E-state index contributed by atoms with van der Waals surface area (Å²) >= 11 is 5.94. The lowest BCUT2D eigenvalue weighted by Crippen LogP contribution is -2.23. The molecule has 0 aliphatic rings. The van der Waals surface area contributed by atoms with Crippen LogP contribution in [0.15, 0.2) is 54.7 Å². The normalized spacial score (nSPS) is 11.5. The molecule has 0 atom stereocenters. The van der Waals surface area contributed by atoms with Crippen LogP contribution in [-0.2, 0) is 6.18 Å². The fourth-order valence-electron chi connectivity index (χ4n) is 1.76. The highest BCUT2D eigenvalue weighted by atomic mass is 35.5. The number of rotatable bonds is 3. The zero-order valence-electron chi connectivity index (χ0n) is 11.7. The number of halogens is 4. The topological polar surface area (TPSA) is 41.1 Å². The number of urea groups is 1. The number of nitrogens with one attached hydrogen (secondary N) is 2. The molecule has 2 aromatic rings. The lowest BCUT2D eigenvalue weighted by molar-refractivity contribution is -0.137. The molecule has 0 radical (unpaired) electrons. The van der Waals surface area contributed by atoms with Gasteiger partial charge in [0.1, 0.15) is 0 Å². The van der Waals surface area contributed by atoms with Crippen molar-refractivity contribution in [3.63, 3.8) is 0 Å². The van der Waals surface area contributed by atoms with Crippen molar-refractivity contribution in [2.75, 3.05) is 5.32 Å². The van der Waals surface area contributed by atoms with Gasteiger partial charge in [0.25, 0.3) is 0 Å². The number of hydrogen-bond donors (Lipinski definition) is 2. The summed E-state index contributed by atoms with van der Waals surface area (Å²) < 4.78 is 37.7. The number of hydrogen-bond acceptors (Lipinski definition) is 1. The maximum atomic E-state index is 12.6. The largest absolute Gasteiger partial charge is 0.416 e. The first-order valence-electron chi connectivity index (χ1n) is 6.52. The average Bonchev–Trinajstić information content (AvgIpc) is 2.48. The van der Waals surface area contributed by atoms with E-state index in [1.54, 1.807) is 30.3 Å². The summed E-state index contributed by atoms with van der Waals surface area (Å²) in [6, 6.07) is 10.7. The van der Waals surface area contributed by atoms with Crippen molar-refractivity contribution < 1.29 is 18.0 Å². The molecule has 2 aromatic carbocycles. The summed E-state index contributed by atoms with van der Waals surface area (Å²) in [6.07, 6.45) is -1.53. The van der Waals surface area contributed by atoms with E-state index in [0.717, 1.165) is 12.1 Å². The van der Waals surface area contributed by atoms with Crippen LogP contribution in [0.5, 0.6) is 0 Å². The number of anilines is 1. The van der Waals surface area contributed by atoms with Crippen LogP contribution in [0.1, 0.15) is 11.1 Å². The highest BCUT2D eigenvalue weighted by molar-refractivity contribution is 6.32. The van der Waals surface area contributed by atoms with Gasteiger partial charge in [0, 0.05) is 16.9 Å². The van der Waals surface area contributed by atoms with E-state index < -0.39 is 17.8 Å². The lowest BCUT2D eigenvalue weighted by atomic mass is 10.2. The maximum Gasteiger partial charge on any atom is 0.416 e. The van der Waals surface area contributed by atoms with Crippen LogP contribution in [0.4, 0.5) is 23.7 Å². The zero-order chi connectivity index (χ0) is 16.9. The Morgan fingerprint density at radius 3 is 2.52 bits per heavy atom. The molecule has 3 nitrogen and oxygen atoms in total. The van der Waals surface area contributed by atoms with Crippen LogP contribution in [0, 0.1) is 0 Å². The van der Waals surface area contributed by atoms with Gasteiger partial charge in [0.05, 0.1) is 5.56 Å². The predicted octanol–water partition coefficient (Wildman–Crippen LogP) is 5.15. The summed E-state index contributed by atoms with van der Waals surface area (Å²) in [4.78, 5) is 11.7. The summed E-state index contributed by atoms with van der Waals surface area (Å²) in [6.45, 7) is 0. The molecule has 0 bridgehead atoms. The Morgan fingerprint density at radius 1 is 1.09 bits per heavy atom. The average molecular weight is 341 g/mol. The molecular formula is C16H12ClF3N2O. The van der Waals surface area contributed by atoms with Gasteiger partial charge in [-0.3, -0.25) is 0 Å². The number of alkyl halides is 3. The zero-order valence-corrected chi connectivity index (χ0v) is 12.4. The Kier molecular flexibility index (Phi) is 5.28. The van der Waals surface area contributed by atoms with Gasteiger partial charge in [-0.1, -0.05) is 35.9 Å². The van der Waals surface area contributed by atoms with E-state index in [9.17, 15) is 18.0 Å². The van der Waals surface area contributed by atoms with Gasteiger partial charge in [-0.05, 0) is 35.9 Å². The minimum Gasteiger partial charge on any atom is -0.314 e. The van der Waals surface area contributed by atoms with Gasteiger partial charge in [-0.2, -0.15) is 13.2 Å². The Labute approximate surface area is 135 Å². The minimum atomic E-state index is -4.46.